The molecule has 1 aliphatic heterocycles. The first-order valence-electron chi connectivity index (χ1n) is 7.73. The molecule has 1 aromatic carbocycles. The summed E-state index contributed by atoms with van der Waals surface area (Å²) in [5.74, 6) is 0.609. The lowest BCUT2D eigenvalue weighted by Crippen LogP contribution is -2.44. The normalized spacial score (nSPS) is 17.8. The van der Waals surface area contributed by atoms with Crippen molar-refractivity contribution in [2.45, 2.75) is 20.0 Å². The number of halogens is 1. The molecule has 24 heavy (non-hydrogen) atoms. The summed E-state index contributed by atoms with van der Waals surface area (Å²) in [6.45, 7) is 5.44. The number of amides is 1. The van der Waals surface area contributed by atoms with Gasteiger partial charge in [-0.2, -0.15) is 0 Å². The Balaban J connectivity index is 1.59. The van der Waals surface area contributed by atoms with Gasteiger partial charge >= 0.3 is 0 Å². The second-order valence-electron chi connectivity index (χ2n) is 5.73. The number of nitrogens with zero attached hydrogens (tertiary/aromatic N) is 2. The van der Waals surface area contributed by atoms with E-state index in [0.29, 0.717) is 25.4 Å². The molecule has 5 nitrogen and oxygen atoms in total. The van der Waals surface area contributed by atoms with Gasteiger partial charge in [-0.05, 0) is 37.1 Å². The van der Waals surface area contributed by atoms with Crippen molar-refractivity contribution in [2.75, 3.05) is 26.3 Å². The third-order valence-corrected chi connectivity index (χ3v) is 5.38. The van der Waals surface area contributed by atoms with Crippen LogP contribution in [0.5, 0.6) is 5.75 Å². The number of benzene rings is 1. The van der Waals surface area contributed by atoms with Gasteiger partial charge in [0.2, 0.25) is 0 Å². The molecule has 1 saturated heterocycles. The second-order valence-corrected chi connectivity index (χ2v) is 7.03. The highest BCUT2D eigenvalue weighted by molar-refractivity contribution is 7.09. The van der Waals surface area contributed by atoms with Crippen LogP contribution in [0.25, 0.3) is 0 Å². The van der Waals surface area contributed by atoms with Gasteiger partial charge in [0.1, 0.15) is 16.9 Å². The maximum Gasteiger partial charge on any atom is 0.260 e. The maximum absolute atomic E-state index is 12.4. The molecule has 7 heteroatoms. The SMILES string of the molecule is Cc1cc(OCC(=O)N2CCOC(c3nccs3)C2)cc(C)c1Cl. The van der Waals surface area contributed by atoms with E-state index in [1.807, 2.05) is 31.4 Å². The summed E-state index contributed by atoms with van der Waals surface area (Å²) in [6, 6.07) is 3.70. The molecule has 1 unspecified atom stereocenters. The van der Waals surface area contributed by atoms with E-state index < -0.39 is 0 Å². The molecule has 0 saturated carbocycles. The molecule has 0 radical (unpaired) electrons. The first kappa shape index (κ1) is 17.2. The van der Waals surface area contributed by atoms with Crippen molar-refractivity contribution < 1.29 is 14.3 Å². The van der Waals surface area contributed by atoms with Crippen LogP contribution in [0.1, 0.15) is 22.2 Å². The van der Waals surface area contributed by atoms with Gasteiger partial charge in [-0.25, -0.2) is 4.98 Å². The van der Waals surface area contributed by atoms with E-state index in [1.165, 1.54) is 0 Å². The van der Waals surface area contributed by atoms with E-state index in [0.717, 1.165) is 21.2 Å². The van der Waals surface area contributed by atoms with Gasteiger partial charge in [-0.1, -0.05) is 11.6 Å². The molecule has 0 aliphatic carbocycles. The minimum atomic E-state index is -0.150. The quantitative estimate of drug-likeness (QED) is 0.832. The molecule has 0 spiro atoms. The van der Waals surface area contributed by atoms with Gasteiger partial charge < -0.3 is 14.4 Å². The van der Waals surface area contributed by atoms with E-state index in [9.17, 15) is 4.79 Å². The Morgan fingerprint density at radius 3 is 2.88 bits per heavy atom. The molecule has 0 bridgehead atoms. The van der Waals surface area contributed by atoms with Gasteiger partial charge in [0, 0.05) is 23.1 Å². The number of aromatic nitrogens is 1. The van der Waals surface area contributed by atoms with E-state index in [-0.39, 0.29) is 18.6 Å². The van der Waals surface area contributed by atoms with Crippen molar-refractivity contribution in [3.63, 3.8) is 0 Å². The van der Waals surface area contributed by atoms with Crippen LogP contribution in [0.2, 0.25) is 5.02 Å². The Bertz CT molecular complexity index is 698. The van der Waals surface area contributed by atoms with Crippen molar-refractivity contribution in [3.05, 3.63) is 44.9 Å². The zero-order valence-electron chi connectivity index (χ0n) is 13.6. The van der Waals surface area contributed by atoms with Crippen molar-refractivity contribution >= 4 is 28.8 Å². The monoisotopic (exact) mass is 366 g/mol. The first-order chi connectivity index (χ1) is 11.5. The molecule has 2 heterocycles. The van der Waals surface area contributed by atoms with E-state index in [1.54, 1.807) is 22.4 Å². The molecule has 0 N–H and O–H groups in total. The van der Waals surface area contributed by atoms with Crippen LogP contribution in [-0.4, -0.2) is 42.1 Å². The predicted octanol–water partition coefficient (Wildman–Crippen LogP) is 3.39. The molecule has 1 fully saturated rings. The zero-order valence-corrected chi connectivity index (χ0v) is 15.2. The van der Waals surface area contributed by atoms with Crippen molar-refractivity contribution in [2.24, 2.45) is 0 Å². The first-order valence-corrected chi connectivity index (χ1v) is 8.98. The van der Waals surface area contributed by atoms with E-state index >= 15 is 0 Å². The summed E-state index contributed by atoms with van der Waals surface area (Å²) in [7, 11) is 0. The van der Waals surface area contributed by atoms with Crippen molar-refractivity contribution in [1.82, 2.24) is 9.88 Å². The van der Waals surface area contributed by atoms with E-state index in [4.69, 9.17) is 21.1 Å². The van der Waals surface area contributed by atoms with Crippen molar-refractivity contribution in [3.8, 4) is 5.75 Å². The maximum atomic E-state index is 12.4. The molecule has 3 rings (SSSR count). The number of hydrogen-bond donors (Lipinski definition) is 0. The fourth-order valence-electron chi connectivity index (χ4n) is 2.64. The summed E-state index contributed by atoms with van der Waals surface area (Å²) in [5, 5.41) is 3.54. The minimum Gasteiger partial charge on any atom is -0.484 e. The Kier molecular flexibility index (Phi) is 5.38. The van der Waals surface area contributed by atoms with Crippen LogP contribution in [0.4, 0.5) is 0 Å². The number of rotatable bonds is 4. The Morgan fingerprint density at radius 1 is 1.46 bits per heavy atom. The third kappa shape index (κ3) is 3.88. The lowest BCUT2D eigenvalue weighted by molar-refractivity contribution is -0.141. The summed E-state index contributed by atoms with van der Waals surface area (Å²) >= 11 is 7.69. The lowest BCUT2D eigenvalue weighted by Gasteiger charge is -2.32. The number of thiazole rings is 1. The average molecular weight is 367 g/mol. The summed E-state index contributed by atoms with van der Waals surface area (Å²) < 4.78 is 11.4. The standard InChI is InChI=1S/C17H19ClN2O3S/c1-11-7-13(8-12(2)16(11)18)23-10-15(21)20-4-5-22-14(9-20)17-19-3-6-24-17/h3,6-8,14H,4-5,9-10H2,1-2H3. The summed E-state index contributed by atoms with van der Waals surface area (Å²) in [6.07, 6.45) is 1.60. The van der Waals surface area contributed by atoms with Gasteiger partial charge in [0.25, 0.3) is 5.91 Å². The number of aryl methyl sites for hydroxylation is 2. The topological polar surface area (TPSA) is 51.7 Å². The van der Waals surface area contributed by atoms with Crippen LogP contribution in [0, 0.1) is 13.8 Å². The molecular formula is C17H19ClN2O3S. The highest BCUT2D eigenvalue weighted by atomic mass is 35.5. The largest absolute Gasteiger partial charge is 0.484 e. The summed E-state index contributed by atoms with van der Waals surface area (Å²) in [5.41, 5.74) is 1.88. The van der Waals surface area contributed by atoms with Gasteiger partial charge in [-0.15, -0.1) is 11.3 Å². The van der Waals surface area contributed by atoms with Crippen LogP contribution in [0.3, 0.4) is 0 Å². The molecule has 1 aromatic heterocycles. The molecule has 1 aliphatic rings. The Labute approximate surface area is 150 Å². The second kappa shape index (κ2) is 7.51. The Morgan fingerprint density at radius 2 is 2.21 bits per heavy atom. The molecule has 2 aromatic rings. The fraction of sp³-hybridized carbons (Fsp3) is 0.412. The number of carbonyl (C=O) groups excluding carboxylic acids is 1. The Hall–Kier alpha value is -1.63. The van der Waals surface area contributed by atoms with Gasteiger partial charge in [-0.3, -0.25) is 4.79 Å². The lowest BCUT2D eigenvalue weighted by atomic mass is 10.1. The van der Waals surface area contributed by atoms with Crippen LogP contribution in [-0.2, 0) is 9.53 Å². The average Bonchev–Trinajstić information content (AvgIpc) is 3.12. The number of ether oxygens (including phenoxy) is 2. The fourth-order valence-corrected chi connectivity index (χ4v) is 3.43. The highest BCUT2D eigenvalue weighted by Crippen LogP contribution is 2.26. The van der Waals surface area contributed by atoms with Gasteiger partial charge in [0.15, 0.2) is 6.61 Å². The third-order valence-electron chi connectivity index (χ3n) is 3.92. The molecule has 1 amide bonds. The number of morpholine rings is 1. The van der Waals surface area contributed by atoms with Crippen LogP contribution < -0.4 is 4.74 Å². The zero-order chi connectivity index (χ0) is 17.1. The smallest absolute Gasteiger partial charge is 0.260 e. The van der Waals surface area contributed by atoms with E-state index in [2.05, 4.69) is 4.98 Å². The number of hydrogen-bond acceptors (Lipinski definition) is 5. The molecular weight excluding hydrogens is 348 g/mol. The summed E-state index contributed by atoms with van der Waals surface area (Å²) in [4.78, 5) is 18.5. The predicted molar refractivity (Wildman–Crippen MR) is 93.8 cm³/mol. The van der Waals surface area contributed by atoms with Crippen LogP contribution >= 0.6 is 22.9 Å². The highest BCUT2D eigenvalue weighted by Gasteiger charge is 2.27. The van der Waals surface area contributed by atoms with Crippen LogP contribution in [0.15, 0.2) is 23.7 Å². The minimum absolute atomic E-state index is 0.00506. The number of carbonyl (C=O) groups is 1. The molecule has 128 valence electrons. The van der Waals surface area contributed by atoms with Gasteiger partial charge in [0.05, 0.1) is 13.2 Å². The molecule has 1 atom stereocenters. The van der Waals surface area contributed by atoms with Crippen molar-refractivity contribution in [1.29, 1.82) is 0 Å².